The number of aromatic nitrogens is 1. The van der Waals surface area contributed by atoms with Crippen LogP contribution in [0.3, 0.4) is 0 Å². The molecule has 0 radical (unpaired) electrons. The predicted octanol–water partition coefficient (Wildman–Crippen LogP) is 4.01. The molecule has 1 N–H and O–H groups in total. The van der Waals surface area contributed by atoms with Gasteiger partial charge in [-0.2, -0.15) is 0 Å². The zero-order valence-electron chi connectivity index (χ0n) is 15.4. The summed E-state index contributed by atoms with van der Waals surface area (Å²) in [7, 11) is 0. The maximum absolute atomic E-state index is 13.0. The van der Waals surface area contributed by atoms with Gasteiger partial charge in [0.1, 0.15) is 0 Å². The Morgan fingerprint density at radius 3 is 2.52 bits per heavy atom. The first-order valence-corrected chi connectivity index (χ1v) is 9.87. The quantitative estimate of drug-likeness (QED) is 0.835. The second-order valence-electron chi connectivity index (χ2n) is 7.42. The first-order chi connectivity index (χ1) is 13.2. The molecule has 1 atom stereocenters. The molecule has 0 unspecified atom stereocenters. The normalized spacial score (nSPS) is 20.2. The van der Waals surface area contributed by atoms with Gasteiger partial charge in [-0.15, -0.1) is 0 Å². The molecular weight excluding hydrogens is 338 g/mol. The van der Waals surface area contributed by atoms with Gasteiger partial charge in [-0.3, -0.25) is 19.5 Å². The van der Waals surface area contributed by atoms with Gasteiger partial charge in [-0.05, 0) is 37.1 Å². The summed E-state index contributed by atoms with van der Waals surface area (Å²) in [5.74, 6) is -0.0873. The van der Waals surface area contributed by atoms with Crippen molar-refractivity contribution in [2.24, 2.45) is 0 Å². The Kier molecular flexibility index (Phi) is 5.19. The van der Waals surface area contributed by atoms with Crippen LogP contribution in [-0.2, 0) is 4.79 Å². The van der Waals surface area contributed by atoms with E-state index < -0.39 is 0 Å². The van der Waals surface area contributed by atoms with E-state index in [0.29, 0.717) is 11.3 Å². The average molecular weight is 363 g/mol. The SMILES string of the molecule is O=C(C[C@@H]1c2ncccc2C(=O)N1c1ccccc1)NC1CCCCCC1. The number of nitrogens with one attached hydrogen (secondary N) is 1. The zero-order valence-corrected chi connectivity index (χ0v) is 15.4. The van der Waals surface area contributed by atoms with Gasteiger partial charge in [0, 0.05) is 17.9 Å². The van der Waals surface area contributed by atoms with Crippen LogP contribution in [0.1, 0.15) is 67.0 Å². The van der Waals surface area contributed by atoms with Crippen LogP contribution in [0.2, 0.25) is 0 Å². The molecule has 0 saturated heterocycles. The molecule has 1 aliphatic carbocycles. The lowest BCUT2D eigenvalue weighted by atomic mass is 10.1. The highest BCUT2D eigenvalue weighted by atomic mass is 16.2. The van der Waals surface area contributed by atoms with Gasteiger partial charge in [0.15, 0.2) is 0 Å². The van der Waals surface area contributed by atoms with Gasteiger partial charge in [0.25, 0.3) is 5.91 Å². The van der Waals surface area contributed by atoms with Gasteiger partial charge in [-0.1, -0.05) is 43.9 Å². The Labute approximate surface area is 159 Å². The van der Waals surface area contributed by atoms with Crippen molar-refractivity contribution in [3.05, 3.63) is 59.9 Å². The third-order valence-electron chi connectivity index (χ3n) is 5.55. The fourth-order valence-electron chi connectivity index (χ4n) is 4.22. The molecule has 2 aliphatic rings. The lowest BCUT2D eigenvalue weighted by Crippen LogP contribution is -2.37. The molecule has 5 heteroatoms. The average Bonchev–Trinajstić information content (AvgIpc) is 2.84. The molecular formula is C22H25N3O2. The number of rotatable bonds is 4. The number of hydrogen-bond donors (Lipinski definition) is 1. The van der Waals surface area contributed by atoms with E-state index in [1.54, 1.807) is 23.2 Å². The highest BCUT2D eigenvalue weighted by Gasteiger charge is 2.40. The maximum atomic E-state index is 13.0. The van der Waals surface area contributed by atoms with Crippen molar-refractivity contribution in [1.29, 1.82) is 0 Å². The zero-order chi connectivity index (χ0) is 18.6. The maximum Gasteiger partial charge on any atom is 0.260 e. The Bertz CT molecular complexity index is 813. The summed E-state index contributed by atoms with van der Waals surface area (Å²) < 4.78 is 0. The second-order valence-corrected chi connectivity index (χ2v) is 7.42. The molecule has 0 spiro atoms. The van der Waals surface area contributed by atoms with Gasteiger partial charge in [-0.25, -0.2) is 0 Å². The smallest absolute Gasteiger partial charge is 0.260 e. The van der Waals surface area contributed by atoms with Crippen molar-refractivity contribution in [1.82, 2.24) is 10.3 Å². The molecule has 1 aliphatic heterocycles. The lowest BCUT2D eigenvalue weighted by Gasteiger charge is -2.25. The van der Waals surface area contributed by atoms with Crippen LogP contribution >= 0.6 is 0 Å². The minimum Gasteiger partial charge on any atom is -0.353 e. The number of carbonyl (C=O) groups excluding carboxylic acids is 2. The van der Waals surface area contributed by atoms with Gasteiger partial charge in [0.2, 0.25) is 5.91 Å². The Hall–Kier alpha value is -2.69. The fraction of sp³-hybridized carbons (Fsp3) is 0.409. The third kappa shape index (κ3) is 3.72. The lowest BCUT2D eigenvalue weighted by molar-refractivity contribution is -0.122. The highest BCUT2D eigenvalue weighted by molar-refractivity contribution is 6.11. The molecule has 27 heavy (non-hydrogen) atoms. The number of carbonyl (C=O) groups is 2. The summed E-state index contributed by atoms with van der Waals surface area (Å²) in [5, 5.41) is 3.20. The fourth-order valence-corrected chi connectivity index (χ4v) is 4.22. The topological polar surface area (TPSA) is 62.3 Å². The molecule has 1 fully saturated rings. The summed E-state index contributed by atoms with van der Waals surface area (Å²) in [6, 6.07) is 13.0. The van der Waals surface area contributed by atoms with Crippen molar-refractivity contribution in [3.8, 4) is 0 Å². The molecule has 5 nitrogen and oxygen atoms in total. The van der Waals surface area contributed by atoms with Crippen LogP contribution in [0, 0.1) is 0 Å². The summed E-state index contributed by atoms with van der Waals surface area (Å²) >= 11 is 0. The van der Waals surface area contributed by atoms with Gasteiger partial charge < -0.3 is 5.32 Å². The van der Waals surface area contributed by atoms with Crippen molar-refractivity contribution in [2.45, 2.75) is 57.0 Å². The second kappa shape index (κ2) is 7.91. The van der Waals surface area contributed by atoms with Crippen LogP contribution < -0.4 is 10.2 Å². The highest BCUT2D eigenvalue weighted by Crippen LogP contribution is 2.38. The Morgan fingerprint density at radius 2 is 1.78 bits per heavy atom. The molecule has 1 aromatic carbocycles. The molecule has 2 aromatic rings. The first-order valence-electron chi connectivity index (χ1n) is 9.87. The molecule has 1 aromatic heterocycles. The number of fused-ring (bicyclic) bond motifs is 1. The van der Waals surface area contributed by atoms with Crippen molar-refractivity contribution in [3.63, 3.8) is 0 Å². The van der Waals surface area contributed by atoms with Crippen molar-refractivity contribution < 1.29 is 9.59 Å². The van der Waals surface area contributed by atoms with E-state index in [-0.39, 0.29) is 30.3 Å². The number of anilines is 1. The number of pyridine rings is 1. The monoisotopic (exact) mass is 363 g/mol. The predicted molar refractivity (Wildman–Crippen MR) is 104 cm³/mol. The number of benzene rings is 1. The largest absolute Gasteiger partial charge is 0.353 e. The van der Waals surface area contributed by atoms with Crippen LogP contribution in [0.5, 0.6) is 0 Å². The summed E-state index contributed by atoms with van der Waals surface area (Å²) in [5.41, 5.74) is 2.09. The Balaban J connectivity index is 1.56. The summed E-state index contributed by atoms with van der Waals surface area (Å²) in [6.45, 7) is 0. The van der Waals surface area contributed by atoms with Gasteiger partial charge >= 0.3 is 0 Å². The molecule has 2 heterocycles. The van der Waals surface area contributed by atoms with E-state index >= 15 is 0 Å². The minimum absolute atomic E-state index is 0.000802. The van der Waals surface area contributed by atoms with Crippen LogP contribution in [-0.4, -0.2) is 22.8 Å². The van der Waals surface area contributed by atoms with Crippen LogP contribution in [0.15, 0.2) is 48.7 Å². The Morgan fingerprint density at radius 1 is 1.04 bits per heavy atom. The molecule has 1 saturated carbocycles. The van der Waals surface area contributed by atoms with Gasteiger partial charge in [0.05, 0.1) is 23.7 Å². The first kappa shape index (κ1) is 17.7. The van der Waals surface area contributed by atoms with Crippen LogP contribution in [0.4, 0.5) is 5.69 Å². The van der Waals surface area contributed by atoms with E-state index in [2.05, 4.69) is 10.3 Å². The van der Waals surface area contributed by atoms with E-state index in [1.807, 2.05) is 30.3 Å². The number of amides is 2. The standard InChI is InChI=1S/C22H25N3O2/c26-20(24-16-9-4-1-2-5-10-16)15-19-21-18(13-8-14-23-21)22(27)25(19)17-11-6-3-7-12-17/h3,6-8,11-14,16,19H,1-2,4-5,9-10,15H2,(H,24,26)/t19-/m1/s1. The summed E-state index contributed by atoms with van der Waals surface area (Å²) in [4.78, 5) is 31.9. The van der Waals surface area contributed by atoms with Crippen molar-refractivity contribution >= 4 is 17.5 Å². The molecule has 140 valence electrons. The number of nitrogens with zero attached hydrogens (tertiary/aromatic N) is 2. The third-order valence-corrected chi connectivity index (χ3v) is 5.55. The van der Waals surface area contributed by atoms with Crippen molar-refractivity contribution in [2.75, 3.05) is 4.90 Å². The van der Waals surface area contributed by atoms with E-state index in [4.69, 9.17) is 0 Å². The number of para-hydroxylation sites is 1. The molecule has 2 amide bonds. The van der Waals surface area contributed by atoms with E-state index in [0.717, 1.165) is 18.5 Å². The molecule has 0 bridgehead atoms. The van der Waals surface area contributed by atoms with E-state index in [1.165, 1.54) is 25.7 Å². The minimum atomic E-state index is -0.359. The molecule has 4 rings (SSSR count). The van der Waals surface area contributed by atoms with Crippen LogP contribution in [0.25, 0.3) is 0 Å². The summed E-state index contributed by atoms with van der Waals surface area (Å²) in [6.07, 6.45) is 8.88. The number of hydrogen-bond acceptors (Lipinski definition) is 3. The van der Waals surface area contributed by atoms with E-state index in [9.17, 15) is 9.59 Å².